The van der Waals surface area contributed by atoms with Gasteiger partial charge in [0.15, 0.2) is 28.8 Å². The fraction of sp³-hybridized carbons (Fsp3) is 0.167. The number of ether oxygens (including phenoxy) is 1. The van der Waals surface area contributed by atoms with E-state index in [1.807, 2.05) is 6.92 Å². The molecule has 2 rings (SSSR count). The van der Waals surface area contributed by atoms with Gasteiger partial charge in [-0.15, -0.1) is 5.10 Å². The van der Waals surface area contributed by atoms with E-state index in [-0.39, 0.29) is 23.1 Å². The van der Waals surface area contributed by atoms with Gasteiger partial charge in [-0.05, 0) is 45.3 Å². The van der Waals surface area contributed by atoms with Crippen molar-refractivity contribution in [2.45, 2.75) is 6.92 Å². The van der Waals surface area contributed by atoms with Crippen LogP contribution >= 0.6 is 15.9 Å². The summed E-state index contributed by atoms with van der Waals surface area (Å²) in [5.41, 5.74) is 11.9. The molecule has 0 amide bonds. The SMILES string of the molecule is CCOc1cc(/C=N\N=C(\N)c2nonc2N)c(Br)cc1O. The van der Waals surface area contributed by atoms with Crippen molar-refractivity contribution in [2.75, 3.05) is 12.3 Å². The number of rotatable bonds is 5. The second kappa shape index (κ2) is 6.89. The second-order valence-corrected chi connectivity index (χ2v) is 4.86. The van der Waals surface area contributed by atoms with Gasteiger partial charge < -0.3 is 21.3 Å². The summed E-state index contributed by atoms with van der Waals surface area (Å²) < 4.78 is 10.3. The molecule has 10 heteroatoms. The zero-order chi connectivity index (χ0) is 16.1. The van der Waals surface area contributed by atoms with E-state index in [4.69, 9.17) is 16.2 Å². The maximum atomic E-state index is 9.73. The molecule has 0 unspecified atom stereocenters. The van der Waals surface area contributed by atoms with Gasteiger partial charge in [-0.1, -0.05) is 0 Å². The van der Waals surface area contributed by atoms with E-state index in [2.05, 4.69) is 41.1 Å². The van der Waals surface area contributed by atoms with Crippen LogP contribution in [0.25, 0.3) is 0 Å². The first-order valence-electron chi connectivity index (χ1n) is 6.13. The largest absolute Gasteiger partial charge is 0.504 e. The molecule has 116 valence electrons. The van der Waals surface area contributed by atoms with Crippen molar-refractivity contribution in [3.05, 3.63) is 27.9 Å². The minimum absolute atomic E-state index is 0.0235. The van der Waals surface area contributed by atoms with Crippen LogP contribution in [0.2, 0.25) is 0 Å². The quantitative estimate of drug-likeness (QED) is 0.409. The van der Waals surface area contributed by atoms with Gasteiger partial charge in [-0.2, -0.15) is 5.10 Å². The molecule has 1 aromatic heterocycles. The number of amidine groups is 1. The second-order valence-electron chi connectivity index (χ2n) is 4.00. The number of hydrogen-bond acceptors (Lipinski definition) is 8. The lowest BCUT2D eigenvalue weighted by Gasteiger charge is -2.07. The molecule has 0 saturated heterocycles. The number of aromatic nitrogens is 2. The number of phenolic OH excluding ortho intramolecular Hbond substituents is 1. The maximum Gasteiger partial charge on any atom is 0.199 e. The number of benzene rings is 1. The Morgan fingerprint density at radius 3 is 2.91 bits per heavy atom. The molecule has 0 aliphatic rings. The normalized spacial score (nSPS) is 12.0. The molecule has 0 radical (unpaired) electrons. The van der Waals surface area contributed by atoms with Crippen LogP contribution in [0.1, 0.15) is 18.2 Å². The lowest BCUT2D eigenvalue weighted by atomic mass is 10.2. The molecular formula is C12H13BrN6O3. The number of hydrogen-bond donors (Lipinski definition) is 3. The Labute approximate surface area is 133 Å². The van der Waals surface area contributed by atoms with Crippen molar-refractivity contribution < 1.29 is 14.5 Å². The minimum atomic E-state index is -0.0325. The summed E-state index contributed by atoms with van der Waals surface area (Å²) in [7, 11) is 0. The van der Waals surface area contributed by atoms with E-state index in [1.54, 1.807) is 6.07 Å². The molecule has 0 aliphatic heterocycles. The molecule has 0 spiro atoms. The smallest absolute Gasteiger partial charge is 0.199 e. The van der Waals surface area contributed by atoms with Crippen LogP contribution in [0.5, 0.6) is 11.5 Å². The summed E-state index contributed by atoms with van der Waals surface area (Å²) in [6, 6.07) is 3.11. The highest BCUT2D eigenvalue weighted by Crippen LogP contribution is 2.31. The van der Waals surface area contributed by atoms with E-state index in [0.717, 1.165) is 0 Å². The first-order valence-corrected chi connectivity index (χ1v) is 6.92. The summed E-state index contributed by atoms with van der Waals surface area (Å²) in [6.45, 7) is 2.24. The van der Waals surface area contributed by atoms with Crippen molar-refractivity contribution in [1.82, 2.24) is 10.3 Å². The summed E-state index contributed by atoms with van der Waals surface area (Å²) >= 11 is 3.31. The molecule has 0 atom stereocenters. The highest BCUT2D eigenvalue weighted by atomic mass is 79.9. The van der Waals surface area contributed by atoms with Gasteiger partial charge in [-0.3, -0.25) is 0 Å². The van der Waals surface area contributed by atoms with Crippen LogP contribution in [0.15, 0.2) is 31.4 Å². The third kappa shape index (κ3) is 3.52. The van der Waals surface area contributed by atoms with Crippen LogP contribution in [-0.2, 0) is 0 Å². The number of aromatic hydroxyl groups is 1. The zero-order valence-electron chi connectivity index (χ0n) is 11.5. The van der Waals surface area contributed by atoms with Crippen molar-refractivity contribution >= 4 is 33.8 Å². The van der Waals surface area contributed by atoms with Crippen molar-refractivity contribution in [2.24, 2.45) is 15.9 Å². The number of halogens is 1. The number of nitrogens with zero attached hydrogens (tertiary/aromatic N) is 4. The first-order chi connectivity index (χ1) is 10.5. The standard InChI is InChI=1S/C12H13BrN6O3/c1-2-21-9-3-6(7(13)4-8(9)20)5-16-17-11(14)10-12(15)19-22-18-10/h3-5,20H,2H2,1H3,(H2,14,17)(H2,15,19)/b16-5-. The number of nitrogens with two attached hydrogens (primary N) is 2. The van der Waals surface area contributed by atoms with E-state index >= 15 is 0 Å². The van der Waals surface area contributed by atoms with Gasteiger partial charge in [0.05, 0.1) is 12.8 Å². The number of anilines is 1. The topological polar surface area (TPSA) is 145 Å². The van der Waals surface area contributed by atoms with Crippen LogP contribution < -0.4 is 16.2 Å². The molecule has 1 heterocycles. The van der Waals surface area contributed by atoms with Crippen LogP contribution in [0.3, 0.4) is 0 Å². The molecule has 9 nitrogen and oxygen atoms in total. The Hall–Kier alpha value is -2.62. The Balaban J connectivity index is 2.23. The predicted molar refractivity (Wildman–Crippen MR) is 84.0 cm³/mol. The molecule has 0 saturated carbocycles. The highest BCUT2D eigenvalue weighted by molar-refractivity contribution is 9.10. The molecule has 1 aromatic carbocycles. The summed E-state index contributed by atoms with van der Waals surface area (Å²) in [5, 5.41) is 24.2. The minimum Gasteiger partial charge on any atom is -0.504 e. The molecule has 5 N–H and O–H groups in total. The van der Waals surface area contributed by atoms with Gasteiger partial charge in [-0.25, -0.2) is 4.63 Å². The van der Waals surface area contributed by atoms with Crippen LogP contribution in [0.4, 0.5) is 5.82 Å². The highest BCUT2D eigenvalue weighted by Gasteiger charge is 2.10. The zero-order valence-corrected chi connectivity index (χ0v) is 13.1. The Morgan fingerprint density at radius 2 is 2.27 bits per heavy atom. The molecule has 0 aliphatic carbocycles. The van der Waals surface area contributed by atoms with E-state index in [1.165, 1.54) is 12.3 Å². The van der Waals surface area contributed by atoms with Gasteiger partial charge in [0, 0.05) is 10.0 Å². The van der Waals surface area contributed by atoms with Crippen LogP contribution in [-0.4, -0.2) is 34.1 Å². The van der Waals surface area contributed by atoms with Gasteiger partial charge in [0.1, 0.15) is 0 Å². The lowest BCUT2D eigenvalue weighted by molar-refractivity contribution is 0.308. The first kappa shape index (κ1) is 15.8. The molecule has 22 heavy (non-hydrogen) atoms. The average Bonchev–Trinajstić information content (AvgIpc) is 2.90. The van der Waals surface area contributed by atoms with E-state index in [0.29, 0.717) is 22.4 Å². The maximum absolute atomic E-state index is 9.73. The van der Waals surface area contributed by atoms with Gasteiger partial charge in [0.2, 0.25) is 0 Å². The molecule has 2 aromatic rings. The van der Waals surface area contributed by atoms with E-state index in [9.17, 15) is 5.11 Å². The Morgan fingerprint density at radius 1 is 1.50 bits per heavy atom. The van der Waals surface area contributed by atoms with Crippen molar-refractivity contribution in [1.29, 1.82) is 0 Å². The monoisotopic (exact) mass is 368 g/mol. The fourth-order valence-corrected chi connectivity index (χ4v) is 1.94. The average molecular weight is 369 g/mol. The van der Waals surface area contributed by atoms with Crippen molar-refractivity contribution in [3.63, 3.8) is 0 Å². The predicted octanol–water partition coefficient (Wildman–Crippen LogP) is 1.26. The fourth-order valence-electron chi connectivity index (χ4n) is 1.50. The molecule has 0 fully saturated rings. The van der Waals surface area contributed by atoms with Gasteiger partial charge >= 0.3 is 0 Å². The Bertz CT molecular complexity index is 728. The van der Waals surface area contributed by atoms with Crippen molar-refractivity contribution in [3.8, 4) is 11.5 Å². The lowest BCUT2D eigenvalue weighted by Crippen LogP contribution is -2.15. The van der Waals surface area contributed by atoms with E-state index < -0.39 is 0 Å². The summed E-state index contributed by atoms with van der Waals surface area (Å²) in [6.07, 6.45) is 1.43. The number of phenols is 1. The number of nitrogen functional groups attached to an aromatic ring is 1. The van der Waals surface area contributed by atoms with Crippen LogP contribution in [0, 0.1) is 0 Å². The third-order valence-electron chi connectivity index (χ3n) is 2.50. The third-order valence-corrected chi connectivity index (χ3v) is 3.18. The Kier molecular flexibility index (Phi) is 4.94. The summed E-state index contributed by atoms with van der Waals surface area (Å²) in [5.74, 6) is 0.361. The molecular weight excluding hydrogens is 356 g/mol. The molecule has 0 bridgehead atoms. The summed E-state index contributed by atoms with van der Waals surface area (Å²) in [4.78, 5) is 0. The van der Waals surface area contributed by atoms with Gasteiger partial charge in [0.25, 0.3) is 0 Å².